The van der Waals surface area contributed by atoms with E-state index in [2.05, 4.69) is 37.2 Å². The molecule has 16 heavy (non-hydrogen) atoms. The maximum Gasteiger partial charge on any atom is 0.238 e. The largest absolute Gasteiger partial charge is 0.324 e. The molecule has 1 amide bonds. The topological polar surface area (TPSA) is 29.1 Å². The molecule has 88 valence electrons. The van der Waals surface area contributed by atoms with E-state index < -0.39 is 0 Å². The Balaban J connectivity index is 2.77. The normalized spacial score (nSPS) is 12.6. The number of benzene rings is 1. The number of halogens is 3. The van der Waals surface area contributed by atoms with Gasteiger partial charge in [-0.3, -0.25) is 4.79 Å². The smallest absolute Gasteiger partial charge is 0.238 e. The second-order valence-electron chi connectivity index (χ2n) is 3.76. The van der Waals surface area contributed by atoms with E-state index >= 15 is 0 Å². The Morgan fingerprint density at radius 2 is 2.06 bits per heavy atom. The lowest BCUT2D eigenvalue weighted by molar-refractivity contribution is -0.116. The van der Waals surface area contributed by atoms with Gasteiger partial charge in [0, 0.05) is 4.47 Å². The lowest BCUT2D eigenvalue weighted by Crippen LogP contribution is -2.27. The van der Waals surface area contributed by atoms with Gasteiger partial charge in [0.25, 0.3) is 0 Å². The summed E-state index contributed by atoms with van der Waals surface area (Å²) in [5.41, 5.74) is 0.625. The molecule has 0 fully saturated rings. The summed E-state index contributed by atoms with van der Waals surface area (Å²) in [7, 11) is 0. The van der Waals surface area contributed by atoms with Crippen LogP contribution in [0.1, 0.15) is 13.8 Å². The Labute approximate surface area is 117 Å². The van der Waals surface area contributed by atoms with E-state index in [0.717, 1.165) is 4.47 Å². The first kappa shape index (κ1) is 14.0. The molecule has 0 heterocycles. The van der Waals surface area contributed by atoms with Gasteiger partial charge < -0.3 is 5.32 Å². The molecule has 0 saturated carbocycles. The van der Waals surface area contributed by atoms with Crippen LogP contribution >= 0.6 is 43.5 Å². The van der Waals surface area contributed by atoms with E-state index in [1.807, 2.05) is 19.9 Å². The van der Waals surface area contributed by atoms with Gasteiger partial charge in [-0.05, 0) is 24.1 Å². The zero-order valence-electron chi connectivity index (χ0n) is 8.93. The van der Waals surface area contributed by atoms with Crippen LogP contribution in [0.25, 0.3) is 0 Å². The van der Waals surface area contributed by atoms with E-state index in [9.17, 15) is 4.79 Å². The van der Waals surface area contributed by atoms with E-state index in [4.69, 9.17) is 11.6 Å². The van der Waals surface area contributed by atoms with Crippen LogP contribution in [0, 0.1) is 5.92 Å². The van der Waals surface area contributed by atoms with Crippen LogP contribution in [0.5, 0.6) is 0 Å². The maximum atomic E-state index is 11.8. The molecule has 1 atom stereocenters. The molecule has 1 aromatic carbocycles. The molecule has 2 nitrogen and oxygen atoms in total. The first-order valence-electron chi connectivity index (χ1n) is 4.82. The SMILES string of the molecule is CC(C)C(Br)C(=O)Nc1ccc(Br)cc1Cl. The molecular formula is C11H12Br2ClNO. The summed E-state index contributed by atoms with van der Waals surface area (Å²) in [4.78, 5) is 11.5. The molecule has 1 rings (SSSR count). The quantitative estimate of drug-likeness (QED) is 0.783. The van der Waals surface area contributed by atoms with Gasteiger partial charge >= 0.3 is 0 Å². The molecule has 1 unspecified atom stereocenters. The summed E-state index contributed by atoms with van der Waals surface area (Å²) >= 11 is 12.6. The van der Waals surface area contributed by atoms with Crippen molar-refractivity contribution < 1.29 is 4.79 Å². The number of amides is 1. The Morgan fingerprint density at radius 3 is 2.56 bits per heavy atom. The number of anilines is 1. The van der Waals surface area contributed by atoms with Crippen molar-refractivity contribution in [2.75, 3.05) is 5.32 Å². The standard InChI is InChI=1S/C11H12Br2ClNO/c1-6(2)10(13)11(16)15-9-4-3-7(12)5-8(9)14/h3-6,10H,1-2H3,(H,15,16). The summed E-state index contributed by atoms with van der Waals surface area (Å²) < 4.78 is 0.884. The minimum Gasteiger partial charge on any atom is -0.324 e. The predicted molar refractivity (Wildman–Crippen MR) is 75.3 cm³/mol. The van der Waals surface area contributed by atoms with Crippen LogP contribution in [-0.2, 0) is 4.79 Å². The third-order valence-electron chi connectivity index (χ3n) is 2.02. The minimum atomic E-state index is -0.216. The molecule has 0 radical (unpaired) electrons. The monoisotopic (exact) mass is 367 g/mol. The minimum absolute atomic E-state index is 0.0841. The van der Waals surface area contributed by atoms with Crippen molar-refractivity contribution in [3.8, 4) is 0 Å². The highest BCUT2D eigenvalue weighted by Gasteiger charge is 2.19. The van der Waals surface area contributed by atoms with Gasteiger partial charge in [0.1, 0.15) is 0 Å². The third-order valence-corrected chi connectivity index (χ3v) is 4.30. The van der Waals surface area contributed by atoms with Gasteiger partial charge in [0.2, 0.25) is 5.91 Å². The molecule has 0 aliphatic carbocycles. The van der Waals surface area contributed by atoms with Crippen molar-refractivity contribution >= 4 is 55.1 Å². The molecule has 0 aromatic heterocycles. The Kier molecular flexibility index (Phi) is 5.28. The molecule has 0 saturated heterocycles. The van der Waals surface area contributed by atoms with Gasteiger partial charge in [0.15, 0.2) is 0 Å². The van der Waals surface area contributed by atoms with Crippen LogP contribution in [0.4, 0.5) is 5.69 Å². The lowest BCUT2D eigenvalue weighted by Gasteiger charge is -2.14. The molecule has 0 bridgehead atoms. The van der Waals surface area contributed by atoms with Gasteiger partial charge in [-0.2, -0.15) is 0 Å². The number of hydrogen-bond acceptors (Lipinski definition) is 1. The highest BCUT2D eigenvalue weighted by Crippen LogP contribution is 2.26. The lowest BCUT2D eigenvalue weighted by atomic mass is 10.1. The third kappa shape index (κ3) is 3.75. The predicted octanol–water partition coefficient (Wildman–Crippen LogP) is 4.46. The van der Waals surface area contributed by atoms with Crippen molar-refractivity contribution in [2.45, 2.75) is 18.7 Å². The molecule has 1 aromatic rings. The van der Waals surface area contributed by atoms with E-state index in [1.165, 1.54) is 0 Å². The van der Waals surface area contributed by atoms with Crippen LogP contribution in [0.2, 0.25) is 5.02 Å². The second kappa shape index (κ2) is 6.03. The van der Waals surface area contributed by atoms with Crippen LogP contribution in [-0.4, -0.2) is 10.7 Å². The van der Waals surface area contributed by atoms with Gasteiger partial charge in [-0.15, -0.1) is 0 Å². The van der Waals surface area contributed by atoms with Crippen LogP contribution in [0.15, 0.2) is 22.7 Å². The first-order chi connectivity index (χ1) is 7.41. The number of nitrogens with one attached hydrogen (secondary N) is 1. The average molecular weight is 369 g/mol. The molecule has 0 aliphatic heterocycles. The Hall–Kier alpha value is -0.0600. The fourth-order valence-electron chi connectivity index (χ4n) is 1.10. The first-order valence-corrected chi connectivity index (χ1v) is 6.90. The number of carbonyl (C=O) groups is 1. The van der Waals surface area contributed by atoms with Gasteiger partial charge in [-0.1, -0.05) is 57.3 Å². The van der Waals surface area contributed by atoms with E-state index in [0.29, 0.717) is 10.7 Å². The van der Waals surface area contributed by atoms with E-state index in [1.54, 1.807) is 12.1 Å². The molecule has 5 heteroatoms. The van der Waals surface area contributed by atoms with E-state index in [-0.39, 0.29) is 16.7 Å². The van der Waals surface area contributed by atoms with Gasteiger partial charge in [0.05, 0.1) is 15.5 Å². The van der Waals surface area contributed by atoms with Crippen molar-refractivity contribution in [2.24, 2.45) is 5.92 Å². The molecule has 0 aliphatic rings. The highest BCUT2D eigenvalue weighted by atomic mass is 79.9. The molecule has 1 N–H and O–H groups in total. The fraction of sp³-hybridized carbons (Fsp3) is 0.364. The second-order valence-corrected chi connectivity index (χ2v) is 6.07. The number of carbonyl (C=O) groups excluding carboxylic acids is 1. The van der Waals surface area contributed by atoms with Gasteiger partial charge in [-0.25, -0.2) is 0 Å². The summed E-state index contributed by atoms with van der Waals surface area (Å²) in [5.74, 6) is 0.147. The Morgan fingerprint density at radius 1 is 1.44 bits per heavy atom. The Bertz CT molecular complexity index is 396. The average Bonchev–Trinajstić information content (AvgIpc) is 2.20. The molecule has 0 spiro atoms. The summed E-state index contributed by atoms with van der Waals surface area (Å²) in [6.45, 7) is 3.95. The van der Waals surface area contributed by atoms with Crippen LogP contribution in [0.3, 0.4) is 0 Å². The summed E-state index contributed by atoms with van der Waals surface area (Å²) in [6, 6.07) is 5.35. The zero-order valence-corrected chi connectivity index (χ0v) is 12.9. The summed E-state index contributed by atoms with van der Waals surface area (Å²) in [6.07, 6.45) is 0. The maximum absolute atomic E-state index is 11.8. The molecular weight excluding hydrogens is 357 g/mol. The van der Waals surface area contributed by atoms with Crippen molar-refractivity contribution in [3.05, 3.63) is 27.7 Å². The van der Waals surface area contributed by atoms with Crippen LogP contribution < -0.4 is 5.32 Å². The van der Waals surface area contributed by atoms with Crippen molar-refractivity contribution in [1.29, 1.82) is 0 Å². The number of alkyl halides is 1. The summed E-state index contributed by atoms with van der Waals surface area (Å²) in [5, 5.41) is 3.30. The number of rotatable bonds is 3. The van der Waals surface area contributed by atoms with Crippen molar-refractivity contribution in [3.63, 3.8) is 0 Å². The number of hydrogen-bond donors (Lipinski definition) is 1. The van der Waals surface area contributed by atoms with Crippen molar-refractivity contribution in [1.82, 2.24) is 0 Å². The fourth-order valence-corrected chi connectivity index (χ4v) is 1.93. The zero-order chi connectivity index (χ0) is 12.3. The highest BCUT2D eigenvalue weighted by molar-refractivity contribution is 9.10.